The molecule has 24 heavy (non-hydrogen) atoms. The van der Waals surface area contributed by atoms with Crippen molar-refractivity contribution in [1.82, 2.24) is 15.1 Å². The molecule has 1 aromatic heterocycles. The van der Waals surface area contributed by atoms with Crippen molar-refractivity contribution in [3.05, 3.63) is 28.7 Å². The lowest BCUT2D eigenvalue weighted by Crippen LogP contribution is -2.30. The van der Waals surface area contributed by atoms with Crippen LogP contribution in [0.4, 0.5) is 5.13 Å². The third-order valence-corrected chi connectivity index (χ3v) is 5.34. The molecule has 0 saturated heterocycles. The van der Waals surface area contributed by atoms with E-state index >= 15 is 0 Å². The third-order valence-electron chi connectivity index (χ3n) is 3.77. The van der Waals surface area contributed by atoms with Gasteiger partial charge in [0.2, 0.25) is 11.0 Å². The van der Waals surface area contributed by atoms with Crippen LogP contribution in [0, 0.1) is 0 Å². The Bertz CT molecular complexity index is 659. The van der Waals surface area contributed by atoms with E-state index in [4.69, 9.17) is 0 Å². The van der Waals surface area contributed by atoms with Gasteiger partial charge in [0, 0.05) is 30.0 Å². The van der Waals surface area contributed by atoms with E-state index < -0.39 is 0 Å². The highest BCUT2D eigenvalue weighted by atomic mass is 79.9. The smallest absolute Gasteiger partial charge is 0.229 e. The molecule has 0 fully saturated rings. The number of rotatable bonds is 8. The summed E-state index contributed by atoms with van der Waals surface area (Å²) >= 11 is 4.85. The number of carbonyl (C=O) groups excluding carboxylic acids is 1. The average molecular weight is 411 g/mol. The van der Waals surface area contributed by atoms with Gasteiger partial charge in [0.05, 0.1) is 0 Å². The van der Waals surface area contributed by atoms with Gasteiger partial charge in [-0.3, -0.25) is 9.69 Å². The molecule has 0 saturated carbocycles. The summed E-state index contributed by atoms with van der Waals surface area (Å²) in [6.45, 7) is 3.97. The fraction of sp³-hybridized carbons (Fsp3) is 0.471. The van der Waals surface area contributed by atoms with Crippen LogP contribution in [0.2, 0.25) is 0 Å². The maximum absolute atomic E-state index is 12.3. The summed E-state index contributed by atoms with van der Waals surface area (Å²) in [6, 6.07) is 7.91. The monoisotopic (exact) mass is 410 g/mol. The van der Waals surface area contributed by atoms with Crippen LogP contribution < -0.4 is 4.90 Å². The molecule has 2 rings (SSSR count). The molecule has 0 aliphatic heterocycles. The molecule has 0 unspecified atom stereocenters. The summed E-state index contributed by atoms with van der Waals surface area (Å²) in [6.07, 6.45) is 2.82. The van der Waals surface area contributed by atoms with Crippen LogP contribution in [0.3, 0.4) is 0 Å². The Morgan fingerprint density at radius 2 is 1.88 bits per heavy atom. The van der Waals surface area contributed by atoms with E-state index in [2.05, 4.69) is 45.0 Å². The van der Waals surface area contributed by atoms with Gasteiger partial charge in [0.25, 0.3) is 0 Å². The van der Waals surface area contributed by atoms with Crippen molar-refractivity contribution in [3.63, 3.8) is 0 Å². The molecule has 0 spiro atoms. The van der Waals surface area contributed by atoms with Gasteiger partial charge in [0.1, 0.15) is 5.01 Å². The van der Waals surface area contributed by atoms with Crippen LogP contribution in [0.1, 0.15) is 26.2 Å². The lowest BCUT2D eigenvalue weighted by atomic mass is 10.2. The molecule has 0 atom stereocenters. The van der Waals surface area contributed by atoms with Crippen molar-refractivity contribution < 1.29 is 4.79 Å². The minimum atomic E-state index is 0.0665. The van der Waals surface area contributed by atoms with Crippen molar-refractivity contribution in [2.75, 3.05) is 32.1 Å². The van der Waals surface area contributed by atoms with Gasteiger partial charge in [-0.2, -0.15) is 0 Å². The van der Waals surface area contributed by atoms with Crippen molar-refractivity contribution >= 4 is 38.3 Å². The molecular weight excluding hydrogens is 388 g/mol. The van der Waals surface area contributed by atoms with Gasteiger partial charge in [-0.15, -0.1) is 10.2 Å². The number of carbonyl (C=O) groups is 1. The van der Waals surface area contributed by atoms with Gasteiger partial charge in [-0.25, -0.2) is 0 Å². The van der Waals surface area contributed by atoms with Crippen molar-refractivity contribution in [1.29, 1.82) is 0 Å². The van der Waals surface area contributed by atoms with Crippen LogP contribution in [0.15, 0.2) is 28.7 Å². The van der Waals surface area contributed by atoms with Crippen LogP contribution in [0.25, 0.3) is 10.6 Å². The van der Waals surface area contributed by atoms with Crippen LogP contribution in [-0.2, 0) is 4.79 Å². The quantitative estimate of drug-likeness (QED) is 0.658. The second-order valence-electron chi connectivity index (χ2n) is 5.76. The first-order valence-corrected chi connectivity index (χ1v) is 9.66. The lowest BCUT2D eigenvalue weighted by Gasteiger charge is -2.18. The molecule has 130 valence electrons. The zero-order valence-corrected chi connectivity index (χ0v) is 16.7. The number of anilines is 1. The summed E-state index contributed by atoms with van der Waals surface area (Å²) < 4.78 is 1.02. The highest BCUT2D eigenvalue weighted by molar-refractivity contribution is 9.10. The largest absolute Gasteiger partial charge is 0.306 e. The summed E-state index contributed by atoms with van der Waals surface area (Å²) in [4.78, 5) is 16.1. The molecular formula is C17H23BrN4OS. The molecule has 0 N–H and O–H groups in total. The number of hydrogen-bond acceptors (Lipinski definition) is 5. The number of halogens is 1. The molecule has 1 heterocycles. The number of amides is 1. The lowest BCUT2D eigenvalue weighted by molar-refractivity contribution is -0.118. The molecule has 7 heteroatoms. The molecule has 5 nitrogen and oxygen atoms in total. The molecule has 0 aliphatic rings. The van der Waals surface area contributed by atoms with Crippen molar-refractivity contribution in [2.24, 2.45) is 0 Å². The van der Waals surface area contributed by atoms with Crippen LogP contribution in [-0.4, -0.2) is 48.2 Å². The Labute approximate surface area is 155 Å². The minimum absolute atomic E-state index is 0.0665. The summed E-state index contributed by atoms with van der Waals surface area (Å²) in [5.74, 6) is 0.0665. The summed E-state index contributed by atoms with van der Waals surface area (Å²) in [5.41, 5.74) is 1.00. The van der Waals surface area contributed by atoms with Gasteiger partial charge in [0.15, 0.2) is 0 Å². The van der Waals surface area contributed by atoms with E-state index in [9.17, 15) is 4.79 Å². The predicted octanol–water partition coefficient (Wildman–Crippen LogP) is 4.05. The Morgan fingerprint density at radius 3 is 2.54 bits per heavy atom. The van der Waals surface area contributed by atoms with Gasteiger partial charge >= 0.3 is 0 Å². The van der Waals surface area contributed by atoms with E-state index in [1.165, 1.54) is 17.8 Å². The fourth-order valence-corrected chi connectivity index (χ4v) is 3.25. The van der Waals surface area contributed by atoms with Gasteiger partial charge in [-0.1, -0.05) is 52.7 Å². The first-order valence-electron chi connectivity index (χ1n) is 8.05. The Balaban J connectivity index is 1.93. The van der Waals surface area contributed by atoms with E-state index in [0.717, 1.165) is 34.6 Å². The van der Waals surface area contributed by atoms with Crippen molar-refractivity contribution in [3.8, 4) is 10.6 Å². The van der Waals surface area contributed by atoms with E-state index in [-0.39, 0.29) is 5.91 Å². The van der Waals surface area contributed by atoms with E-state index in [1.807, 2.05) is 24.3 Å². The normalized spacial score (nSPS) is 11.0. The summed E-state index contributed by atoms with van der Waals surface area (Å²) in [7, 11) is 3.82. The summed E-state index contributed by atoms with van der Waals surface area (Å²) in [5, 5.41) is 9.82. The zero-order chi connectivity index (χ0) is 17.5. The Kier molecular flexibility index (Phi) is 7.33. The molecule has 0 aliphatic carbocycles. The maximum Gasteiger partial charge on any atom is 0.229 e. The highest BCUT2D eigenvalue weighted by Gasteiger charge is 2.16. The number of unbranched alkanes of at least 4 members (excludes halogenated alkanes) is 1. The molecule has 0 bridgehead atoms. The van der Waals surface area contributed by atoms with Crippen LogP contribution in [0.5, 0.6) is 0 Å². The van der Waals surface area contributed by atoms with Crippen LogP contribution >= 0.6 is 27.3 Å². The second-order valence-corrected chi connectivity index (χ2v) is 7.63. The Hall–Kier alpha value is -1.31. The SMILES string of the molecule is CCCCN(C)CCC(=O)N(C)c1nnc(-c2ccc(Br)cc2)s1. The number of hydrogen-bond donors (Lipinski definition) is 0. The predicted molar refractivity (Wildman–Crippen MR) is 103 cm³/mol. The number of benzene rings is 1. The number of nitrogens with zero attached hydrogens (tertiary/aromatic N) is 4. The van der Waals surface area contributed by atoms with Crippen molar-refractivity contribution in [2.45, 2.75) is 26.2 Å². The first-order chi connectivity index (χ1) is 11.5. The molecule has 0 radical (unpaired) electrons. The fourth-order valence-electron chi connectivity index (χ4n) is 2.16. The van der Waals surface area contributed by atoms with Gasteiger partial charge in [-0.05, 0) is 32.1 Å². The topological polar surface area (TPSA) is 49.3 Å². The minimum Gasteiger partial charge on any atom is -0.306 e. The van der Waals surface area contributed by atoms with E-state index in [0.29, 0.717) is 11.6 Å². The van der Waals surface area contributed by atoms with Gasteiger partial charge < -0.3 is 4.90 Å². The molecule has 1 amide bonds. The standard InChI is InChI=1S/C17H23BrN4OS/c1-4-5-11-21(2)12-10-15(23)22(3)17-20-19-16(24-17)13-6-8-14(18)9-7-13/h6-9H,4-5,10-12H2,1-3H3. The molecule has 2 aromatic rings. The first kappa shape index (κ1) is 19.0. The molecule has 1 aromatic carbocycles. The zero-order valence-electron chi connectivity index (χ0n) is 14.3. The third kappa shape index (κ3) is 5.36. The Morgan fingerprint density at radius 1 is 1.17 bits per heavy atom. The highest BCUT2D eigenvalue weighted by Crippen LogP contribution is 2.29. The maximum atomic E-state index is 12.3. The number of aromatic nitrogens is 2. The van der Waals surface area contributed by atoms with E-state index in [1.54, 1.807) is 11.9 Å². The second kappa shape index (κ2) is 9.25. The average Bonchev–Trinajstić information content (AvgIpc) is 3.07.